The van der Waals surface area contributed by atoms with Crippen LogP contribution in [0.2, 0.25) is 0 Å². The highest BCUT2D eigenvalue weighted by molar-refractivity contribution is 8.00. The SMILES string of the molecule is Cc1cccc(OCC2NC(C(=O)O)CS2)c1C. The number of hydrogen-bond acceptors (Lipinski definition) is 4. The number of ether oxygens (including phenoxy) is 1. The molecule has 1 aromatic carbocycles. The maximum absolute atomic E-state index is 10.8. The Hall–Kier alpha value is -1.20. The molecule has 1 heterocycles. The van der Waals surface area contributed by atoms with E-state index in [1.54, 1.807) is 11.8 Å². The fraction of sp³-hybridized carbons (Fsp3) is 0.462. The lowest BCUT2D eigenvalue weighted by molar-refractivity contribution is -0.138. The van der Waals surface area contributed by atoms with E-state index in [2.05, 4.69) is 5.32 Å². The minimum Gasteiger partial charge on any atom is -0.491 e. The van der Waals surface area contributed by atoms with Crippen molar-refractivity contribution in [2.24, 2.45) is 0 Å². The quantitative estimate of drug-likeness (QED) is 0.871. The molecule has 1 saturated heterocycles. The third-order valence-electron chi connectivity index (χ3n) is 3.09. The van der Waals surface area contributed by atoms with Gasteiger partial charge in [0.2, 0.25) is 0 Å². The largest absolute Gasteiger partial charge is 0.491 e. The molecule has 1 aliphatic rings. The van der Waals surface area contributed by atoms with E-state index in [1.165, 1.54) is 5.56 Å². The molecule has 0 aliphatic carbocycles. The van der Waals surface area contributed by atoms with Crippen LogP contribution in [-0.4, -0.2) is 34.9 Å². The summed E-state index contributed by atoms with van der Waals surface area (Å²) in [7, 11) is 0. The fourth-order valence-electron chi connectivity index (χ4n) is 1.82. The van der Waals surface area contributed by atoms with Gasteiger partial charge in [-0.05, 0) is 31.0 Å². The normalized spacial score (nSPS) is 23.0. The number of benzene rings is 1. The van der Waals surface area contributed by atoms with E-state index in [1.807, 2.05) is 32.0 Å². The first-order valence-electron chi connectivity index (χ1n) is 5.87. The molecule has 0 amide bonds. The van der Waals surface area contributed by atoms with Gasteiger partial charge in [0.1, 0.15) is 18.4 Å². The van der Waals surface area contributed by atoms with Gasteiger partial charge in [-0.3, -0.25) is 10.1 Å². The van der Waals surface area contributed by atoms with E-state index in [0.717, 1.165) is 11.3 Å². The molecule has 2 unspecified atom stereocenters. The van der Waals surface area contributed by atoms with Crippen molar-refractivity contribution < 1.29 is 14.6 Å². The first-order valence-corrected chi connectivity index (χ1v) is 6.92. The lowest BCUT2D eigenvalue weighted by atomic mass is 10.1. The number of hydrogen-bond donors (Lipinski definition) is 2. The van der Waals surface area contributed by atoms with Crippen LogP contribution in [-0.2, 0) is 4.79 Å². The minimum absolute atomic E-state index is 0.0472. The molecule has 0 radical (unpaired) electrons. The summed E-state index contributed by atoms with van der Waals surface area (Å²) in [5, 5.41) is 12.0. The van der Waals surface area contributed by atoms with Crippen LogP contribution in [0.5, 0.6) is 5.75 Å². The molecule has 18 heavy (non-hydrogen) atoms. The number of carbonyl (C=O) groups is 1. The summed E-state index contributed by atoms with van der Waals surface area (Å²) in [6, 6.07) is 5.50. The van der Waals surface area contributed by atoms with Gasteiger partial charge >= 0.3 is 5.97 Å². The average Bonchev–Trinajstić information content (AvgIpc) is 2.80. The second-order valence-electron chi connectivity index (χ2n) is 4.39. The van der Waals surface area contributed by atoms with E-state index in [9.17, 15) is 4.79 Å². The Morgan fingerprint density at radius 2 is 2.33 bits per heavy atom. The van der Waals surface area contributed by atoms with E-state index < -0.39 is 12.0 Å². The standard InChI is InChI=1S/C13H17NO3S/c1-8-4-3-5-11(9(8)2)17-6-12-14-10(7-18-12)13(15)16/h3-5,10,12,14H,6-7H2,1-2H3,(H,15,16). The molecule has 0 spiro atoms. The Bertz CT molecular complexity index is 450. The molecule has 0 saturated carbocycles. The summed E-state index contributed by atoms with van der Waals surface area (Å²) >= 11 is 1.59. The molecule has 0 bridgehead atoms. The predicted octanol–water partition coefficient (Wildman–Crippen LogP) is 1.80. The van der Waals surface area contributed by atoms with Crippen molar-refractivity contribution in [1.29, 1.82) is 0 Å². The summed E-state index contributed by atoms with van der Waals surface area (Å²) in [4.78, 5) is 10.8. The van der Waals surface area contributed by atoms with Gasteiger partial charge in [0.25, 0.3) is 0 Å². The number of rotatable bonds is 4. The summed E-state index contributed by atoms with van der Waals surface area (Å²) in [5.74, 6) is 0.670. The van der Waals surface area contributed by atoms with Gasteiger partial charge in [-0.15, -0.1) is 11.8 Å². The van der Waals surface area contributed by atoms with E-state index in [0.29, 0.717) is 12.4 Å². The summed E-state index contributed by atoms with van der Waals surface area (Å²) in [6.07, 6.45) is 0. The molecule has 1 aromatic rings. The Morgan fingerprint density at radius 1 is 1.56 bits per heavy atom. The second-order valence-corrected chi connectivity index (χ2v) is 5.62. The van der Waals surface area contributed by atoms with Crippen LogP contribution in [0.1, 0.15) is 11.1 Å². The molecular weight excluding hydrogens is 250 g/mol. The number of carboxylic acid groups (broad SMARTS) is 1. The zero-order chi connectivity index (χ0) is 13.1. The molecule has 4 nitrogen and oxygen atoms in total. The number of nitrogens with one attached hydrogen (secondary N) is 1. The molecule has 0 aromatic heterocycles. The van der Waals surface area contributed by atoms with Crippen molar-refractivity contribution in [3.8, 4) is 5.75 Å². The van der Waals surface area contributed by atoms with Gasteiger partial charge in [0.05, 0.1) is 5.37 Å². The van der Waals surface area contributed by atoms with E-state index in [4.69, 9.17) is 9.84 Å². The third kappa shape index (κ3) is 2.97. The number of carboxylic acids is 1. The zero-order valence-corrected chi connectivity index (χ0v) is 11.3. The molecule has 1 fully saturated rings. The Kier molecular flexibility index (Phi) is 4.14. The van der Waals surface area contributed by atoms with Crippen molar-refractivity contribution >= 4 is 17.7 Å². The van der Waals surface area contributed by atoms with Gasteiger partial charge in [0.15, 0.2) is 0 Å². The predicted molar refractivity (Wildman–Crippen MR) is 72.2 cm³/mol. The van der Waals surface area contributed by atoms with Gasteiger partial charge in [-0.1, -0.05) is 12.1 Å². The van der Waals surface area contributed by atoms with Crippen LogP contribution < -0.4 is 10.1 Å². The number of aryl methyl sites for hydroxylation is 1. The topological polar surface area (TPSA) is 58.6 Å². The van der Waals surface area contributed by atoms with Gasteiger partial charge in [-0.25, -0.2) is 0 Å². The van der Waals surface area contributed by atoms with Crippen LogP contribution in [0.3, 0.4) is 0 Å². The van der Waals surface area contributed by atoms with Gasteiger partial charge in [0, 0.05) is 5.75 Å². The van der Waals surface area contributed by atoms with Crippen molar-refractivity contribution in [2.75, 3.05) is 12.4 Å². The van der Waals surface area contributed by atoms with Crippen LogP contribution in [0, 0.1) is 13.8 Å². The Balaban J connectivity index is 1.89. The highest BCUT2D eigenvalue weighted by Gasteiger charge is 2.29. The van der Waals surface area contributed by atoms with Crippen molar-refractivity contribution in [3.05, 3.63) is 29.3 Å². The van der Waals surface area contributed by atoms with Crippen LogP contribution >= 0.6 is 11.8 Å². The third-order valence-corrected chi connectivity index (χ3v) is 4.29. The lowest BCUT2D eigenvalue weighted by Crippen LogP contribution is -2.38. The number of aliphatic carboxylic acids is 1. The van der Waals surface area contributed by atoms with E-state index >= 15 is 0 Å². The second kappa shape index (κ2) is 5.63. The lowest BCUT2D eigenvalue weighted by Gasteiger charge is -2.15. The van der Waals surface area contributed by atoms with Crippen molar-refractivity contribution in [3.63, 3.8) is 0 Å². The highest BCUT2D eigenvalue weighted by Crippen LogP contribution is 2.23. The first kappa shape index (κ1) is 13.2. The molecule has 1 aliphatic heterocycles. The molecule has 98 valence electrons. The van der Waals surface area contributed by atoms with Gasteiger partial charge < -0.3 is 9.84 Å². The Labute approximate surface area is 111 Å². The molecule has 2 atom stereocenters. The van der Waals surface area contributed by atoms with E-state index in [-0.39, 0.29) is 5.37 Å². The molecular formula is C13H17NO3S. The summed E-state index contributed by atoms with van der Waals surface area (Å²) < 4.78 is 5.75. The zero-order valence-electron chi connectivity index (χ0n) is 10.5. The molecule has 2 rings (SSSR count). The summed E-state index contributed by atoms with van der Waals surface area (Å²) in [5.41, 5.74) is 2.33. The monoisotopic (exact) mass is 267 g/mol. The maximum Gasteiger partial charge on any atom is 0.321 e. The van der Waals surface area contributed by atoms with Crippen molar-refractivity contribution in [1.82, 2.24) is 5.32 Å². The minimum atomic E-state index is -0.795. The van der Waals surface area contributed by atoms with Crippen LogP contribution in [0.4, 0.5) is 0 Å². The van der Waals surface area contributed by atoms with Crippen molar-refractivity contribution in [2.45, 2.75) is 25.3 Å². The smallest absolute Gasteiger partial charge is 0.321 e. The summed E-state index contributed by atoms with van der Waals surface area (Å²) in [6.45, 7) is 4.56. The Morgan fingerprint density at radius 3 is 3.00 bits per heavy atom. The average molecular weight is 267 g/mol. The highest BCUT2D eigenvalue weighted by atomic mass is 32.2. The first-order chi connectivity index (χ1) is 8.58. The van der Waals surface area contributed by atoms with Gasteiger partial charge in [-0.2, -0.15) is 0 Å². The van der Waals surface area contributed by atoms with Crippen LogP contribution in [0.25, 0.3) is 0 Å². The molecule has 2 N–H and O–H groups in total. The van der Waals surface area contributed by atoms with Crippen LogP contribution in [0.15, 0.2) is 18.2 Å². The maximum atomic E-state index is 10.8. The fourth-order valence-corrected chi connectivity index (χ4v) is 2.91. The number of thioether (sulfide) groups is 1. The molecule has 5 heteroatoms.